The van der Waals surface area contributed by atoms with Crippen LogP contribution in [0.25, 0.3) is 10.9 Å². The van der Waals surface area contributed by atoms with Crippen LogP contribution in [0.4, 0.5) is 0 Å². The standard InChI is InChI=1S/C26H32N6O3/c1-33-22-14-18(15-23(34-2)24(22)35-3)17-32-25(29-30-31-32)26(11-6-7-12-26)28-13-10-19-16-27-21-9-5-4-8-20(19)21/h4-5,8-9,14-16,27-28H,6-7,10-13,17H2,1-3H3. The topological polar surface area (TPSA) is 99.1 Å². The lowest BCUT2D eigenvalue weighted by Crippen LogP contribution is -2.43. The Morgan fingerprint density at radius 3 is 2.49 bits per heavy atom. The lowest BCUT2D eigenvalue weighted by Gasteiger charge is -2.29. The molecule has 2 aromatic heterocycles. The molecule has 1 saturated carbocycles. The summed E-state index contributed by atoms with van der Waals surface area (Å²) < 4.78 is 18.4. The number of methoxy groups -OCH3 is 3. The maximum atomic E-state index is 5.53. The van der Waals surface area contributed by atoms with E-state index in [1.54, 1.807) is 21.3 Å². The van der Waals surface area contributed by atoms with Crippen molar-refractivity contribution < 1.29 is 14.2 Å². The molecular formula is C26H32N6O3. The highest BCUT2D eigenvalue weighted by atomic mass is 16.5. The number of rotatable bonds is 10. The largest absolute Gasteiger partial charge is 0.493 e. The van der Waals surface area contributed by atoms with Gasteiger partial charge in [0, 0.05) is 23.6 Å². The van der Waals surface area contributed by atoms with E-state index in [9.17, 15) is 0 Å². The zero-order valence-corrected chi connectivity index (χ0v) is 20.5. The van der Waals surface area contributed by atoms with Crippen LogP contribution in [0.2, 0.25) is 0 Å². The molecule has 2 aromatic carbocycles. The summed E-state index contributed by atoms with van der Waals surface area (Å²) >= 11 is 0. The Morgan fingerprint density at radius 2 is 1.77 bits per heavy atom. The van der Waals surface area contributed by atoms with E-state index in [0.29, 0.717) is 23.8 Å². The second kappa shape index (κ2) is 9.95. The lowest BCUT2D eigenvalue weighted by molar-refractivity contribution is 0.308. The zero-order valence-electron chi connectivity index (χ0n) is 20.5. The Morgan fingerprint density at radius 1 is 1.03 bits per heavy atom. The first-order valence-electron chi connectivity index (χ1n) is 12.0. The molecule has 0 spiro atoms. The van der Waals surface area contributed by atoms with Crippen molar-refractivity contribution in [3.05, 3.63) is 59.5 Å². The van der Waals surface area contributed by atoms with Crippen LogP contribution < -0.4 is 19.5 Å². The third-order valence-corrected chi connectivity index (χ3v) is 7.01. The number of nitrogens with one attached hydrogen (secondary N) is 2. The molecule has 0 radical (unpaired) electrons. The molecule has 0 bridgehead atoms. The Hall–Kier alpha value is -3.59. The van der Waals surface area contributed by atoms with E-state index in [1.165, 1.54) is 16.5 Å². The van der Waals surface area contributed by atoms with E-state index in [-0.39, 0.29) is 5.54 Å². The number of tetrazole rings is 1. The summed E-state index contributed by atoms with van der Waals surface area (Å²) in [5.74, 6) is 2.68. The van der Waals surface area contributed by atoms with E-state index >= 15 is 0 Å². The highest BCUT2D eigenvalue weighted by Crippen LogP contribution is 2.40. The molecule has 184 valence electrons. The number of ether oxygens (including phenoxy) is 3. The van der Waals surface area contributed by atoms with Gasteiger partial charge in [-0.2, -0.15) is 0 Å². The summed E-state index contributed by atoms with van der Waals surface area (Å²) in [5, 5.41) is 18.0. The van der Waals surface area contributed by atoms with Crippen LogP contribution in [0, 0.1) is 0 Å². The molecule has 4 aromatic rings. The van der Waals surface area contributed by atoms with Crippen LogP contribution in [-0.2, 0) is 18.5 Å². The summed E-state index contributed by atoms with van der Waals surface area (Å²) in [5.41, 5.74) is 3.22. The van der Waals surface area contributed by atoms with Crippen LogP contribution in [0.15, 0.2) is 42.6 Å². The Labute approximate surface area is 204 Å². The molecule has 35 heavy (non-hydrogen) atoms. The average molecular weight is 477 g/mol. The quantitative estimate of drug-likeness (QED) is 0.359. The van der Waals surface area contributed by atoms with Gasteiger partial charge in [-0.15, -0.1) is 5.10 Å². The Balaban J connectivity index is 1.37. The molecule has 0 unspecified atom stereocenters. The lowest BCUT2D eigenvalue weighted by atomic mass is 9.95. The van der Waals surface area contributed by atoms with Gasteiger partial charge >= 0.3 is 0 Å². The molecule has 5 rings (SSSR count). The van der Waals surface area contributed by atoms with E-state index in [1.807, 2.05) is 16.8 Å². The fraction of sp³-hybridized carbons (Fsp3) is 0.423. The fourth-order valence-electron chi connectivity index (χ4n) is 5.29. The summed E-state index contributed by atoms with van der Waals surface area (Å²) in [4.78, 5) is 3.37. The van der Waals surface area contributed by atoms with Gasteiger partial charge in [0.1, 0.15) is 0 Å². The van der Waals surface area contributed by atoms with E-state index in [4.69, 9.17) is 14.2 Å². The fourth-order valence-corrected chi connectivity index (χ4v) is 5.29. The first-order valence-corrected chi connectivity index (χ1v) is 12.0. The Bertz CT molecular complexity index is 1270. The van der Waals surface area contributed by atoms with Crippen molar-refractivity contribution in [1.29, 1.82) is 0 Å². The maximum absolute atomic E-state index is 5.53. The number of H-pyrrole nitrogens is 1. The summed E-state index contributed by atoms with van der Waals surface area (Å²) in [6, 6.07) is 12.3. The molecule has 0 aliphatic heterocycles. The summed E-state index contributed by atoms with van der Waals surface area (Å²) in [7, 11) is 4.84. The van der Waals surface area contributed by atoms with Gasteiger partial charge < -0.3 is 24.5 Å². The van der Waals surface area contributed by atoms with Gasteiger partial charge in [0.05, 0.1) is 33.4 Å². The average Bonchev–Trinajstić information content (AvgIpc) is 3.64. The smallest absolute Gasteiger partial charge is 0.203 e. The first-order chi connectivity index (χ1) is 17.2. The van der Waals surface area contributed by atoms with Crippen LogP contribution in [0.3, 0.4) is 0 Å². The number of nitrogens with zero attached hydrogens (tertiary/aromatic N) is 4. The van der Waals surface area contributed by atoms with Crippen molar-refractivity contribution >= 4 is 10.9 Å². The molecule has 1 aliphatic carbocycles. The molecule has 9 nitrogen and oxygen atoms in total. The van der Waals surface area contributed by atoms with Gasteiger partial charge in [-0.25, -0.2) is 4.68 Å². The highest BCUT2D eigenvalue weighted by molar-refractivity contribution is 5.83. The van der Waals surface area contributed by atoms with Crippen molar-refractivity contribution in [1.82, 2.24) is 30.5 Å². The minimum absolute atomic E-state index is 0.240. The number of hydrogen-bond donors (Lipinski definition) is 2. The van der Waals surface area contributed by atoms with Crippen LogP contribution >= 0.6 is 0 Å². The van der Waals surface area contributed by atoms with Crippen LogP contribution in [-0.4, -0.2) is 53.1 Å². The van der Waals surface area contributed by atoms with Gasteiger partial charge in [-0.3, -0.25) is 0 Å². The molecule has 0 atom stereocenters. The molecule has 1 aliphatic rings. The van der Waals surface area contributed by atoms with Crippen molar-refractivity contribution in [2.45, 2.75) is 44.2 Å². The zero-order chi connectivity index (χ0) is 24.3. The third kappa shape index (κ3) is 4.43. The molecule has 0 amide bonds. The molecule has 2 heterocycles. The monoisotopic (exact) mass is 476 g/mol. The van der Waals surface area contributed by atoms with Crippen molar-refractivity contribution in [2.75, 3.05) is 27.9 Å². The predicted octanol–water partition coefficient (Wildman–Crippen LogP) is 3.83. The Kier molecular flexibility index (Phi) is 6.59. The number of para-hydroxylation sites is 1. The van der Waals surface area contributed by atoms with Gasteiger partial charge in [0.2, 0.25) is 5.75 Å². The second-order valence-electron chi connectivity index (χ2n) is 9.02. The van der Waals surface area contributed by atoms with Crippen molar-refractivity contribution in [3.8, 4) is 17.2 Å². The normalized spacial score (nSPS) is 14.9. The van der Waals surface area contributed by atoms with Crippen molar-refractivity contribution in [2.24, 2.45) is 0 Å². The van der Waals surface area contributed by atoms with Gasteiger partial charge in [-0.05, 0) is 59.0 Å². The van der Waals surface area contributed by atoms with E-state index in [0.717, 1.165) is 50.0 Å². The van der Waals surface area contributed by atoms with Gasteiger partial charge in [-0.1, -0.05) is 31.0 Å². The highest BCUT2D eigenvalue weighted by Gasteiger charge is 2.40. The van der Waals surface area contributed by atoms with Gasteiger partial charge in [0.25, 0.3) is 0 Å². The maximum Gasteiger partial charge on any atom is 0.203 e. The molecule has 0 saturated heterocycles. The minimum Gasteiger partial charge on any atom is -0.493 e. The number of aromatic nitrogens is 5. The number of hydrogen-bond acceptors (Lipinski definition) is 7. The van der Waals surface area contributed by atoms with Crippen LogP contribution in [0.5, 0.6) is 17.2 Å². The van der Waals surface area contributed by atoms with E-state index in [2.05, 4.69) is 56.3 Å². The molecule has 1 fully saturated rings. The van der Waals surface area contributed by atoms with Crippen molar-refractivity contribution in [3.63, 3.8) is 0 Å². The predicted molar refractivity (Wildman–Crippen MR) is 133 cm³/mol. The third-order valence-electron chi connectivity index (χ3n) is 7.01. The first kappa shape index (κ1) is 23.2. The SMILES string of the molecule is COc1cc(Cn2nnnc2C2(NCCc3c[nH]c4ccccc34)CCCC2)cc(OC)c1OC. The van der Waals surface area contributed by atoms with Crippen LogP contribution in [0.1, 0.15) is 42.6 Å². The summed E-state index contributed by atoms with van der Waals surface area (Å²) in [6.45, 7) is 1.35. The summed E-state index contributed by atoms with van der Waals surface area (Å²) in [6.07, 6.45) is 7.36. The molecule has 2 N–H and O–H groups in total. The number of benzene rings is 2. The number of aromatic amines is 1. The minimum atomic E-state index is -0.240. The molecule has 9 heteroatoms. The second-order valence-corrected chi connectivity index (χ2v) is 9.02. The molecular weight excluding hydrogens is 444 g/mol. The van der Waals surface area contributed by atoms with E-state index < -0.39 is 0 Å². The van der Waals surface area contributed by atoms with Gasteiger partial charge in [0.15, 0.2) is 17.3 Å². The number of fused-ring (bicyclic) bond motifs is 1.